The van der Waals surface area contributed by atoms with Gasteiger partial charge in [-0.15, -0.1) is 9.05 Å². The Morgan fingerprint density at radius 3 is 2.71 bits per heavy atom. The van der Waals surface area contributed by atoms with Crippen molar-refractivity contribution in [2.45, 2.75) is 34.6 Å². The lowest BCUT2D eigenvalue weighted by Crippen LogP contribution is -2.37. The fraction of sp³-hybridized carbons (Fsp3) is 0.208. The molecule has 2 aliphatic heterocycles. The fourth-order valence-electron chi connectivity index (χ4n) is 4.64. The zero-order chi connectivity index (χ0) is 26.0. The third kappa shape index (κ3) is 3.87. The van der Waals surface area contributed by atoms with Crippen LogP contribution in [-0.2, 0) is 18.3 Å². The second kappa shape index (κ2) is 9.09. The molecule has 38 heavy (non-hydrogen) atoms. The van der Waals surface area contributed by atoms with E-state index in [1.54, 1.807) is 18.3 Å². The van der Waals surface area contributed by atoms with Crippen molar-refractivity contribution >= 4 is 37.0 Å². The Bertz CT molecular complexity index is 1760. The molecule has 2 fully saturated rings. The molecule has 2 N–H and O–H groups in total. The first-order chi connectivity index (χ1) is 18.5. The van der Waals surface area contributed by atoms with Crippen molar-refractivity contribution in [1.82, 2.24) is 23.9 Å². The van der Waals surface area contributed by atoms with Gasteiger partial charge in [0.1, 0.15) is 24.6 Å². The average molecular weight is 554 g/mol. The van der Waals surface area contributed by atoms with Gasteiger partial charge in [-0.1, -0.05) is 42.1 Å². The summed E-state index contributed by atoms with van der Waals surface area (Å²) in [5, 5.41) is 11.4. The molecule has 192 valence electrons. The number of benzene rings is 2. The summed E-state index contributed by atoms with van der Waals surface area (Å²) in [5.41, 5.74) is 1.37. The number of aliphatic hydroxyl groups excluding tert-OH is 1. The lowest BCUT2D eigenvalue weighted by atomic mass is 10.1. The number of aromatic nitrogens is 5. The summed E-state index contributed by atoms with van der Waals surface area (Å²) in [6.45, 7) is -0.0299. The molecule has 11 nitrogen and oxygen atoms in total. The summed E-state index contributed by atoms with van der Waals surface area (Å²) in [6.07, 6.45) is -2.26. The van der Waals surface area contributed by atoms with Crippen LogP contribution in [-0.4, -0.2) is 53.9 Å². The summed E-state index contributed by atoms with van der Waals surface area (Å²) in [4.78, 5) is 26.6. The molecule has 0 amide bonds. The standard InChI is InChI=1S/C24H17FN5O6PS/c25-13-6-8-14(9-7-13)38-24-27-17-20(30(24)22-18(31)19-16(35-22)11-34-37(33)36-19)28-23-26-15(10-29(23)21(17)32)12-4-2-1-3-5-12/h1-10,16,18-19,22,31H,11H2/p+1/t16?,18-,19+,22+/m0/s1. The molecule has 2 aliphatic rings. The summed E-state index contributed by atoms with van der Waals surface area (Å²) in [5.74, 6) is -0.121. The number of fused-ring (bicyclic) bond motifs is 3. The number of hydrogen-bond donors (Lipinski definition) is 2. The first kappa shape index (κ1) is 23.7. The van der Waals surface area contributed by atoms with Gasteiger partial charge < -0.3 is 14.8 Å². The van der Waals surface area contributed by atoms with Crippen LogP contribution in [0.4, 0.5) is 4.39 Å². The highest BCUT2D eigenvalue weighted by Crippen LogP contribution is 2.44. The van der Waals surface area contributed by atoms with E-state index in [0.29, 0.717) is 15.7 Å². The Balaban J connectivity index is 1.40. The Morgan fingerprint density at radius 1 is 1.13 bits per heavy atom. The molecule has 0 saturated carbocycles. The maximum atomic E-state index is 13.6. The van der Waals surface area contributed by atoms with Gasteiger partial charge in [-0.25, -0.2) is 13.8 Å². The molecule has 5 aromatic rings. The number of halogens is 1. The molecule has 7 rings (SSSR count). The van der Waals surface area contributed by atoms with Crippen LogP contribution in [0.1, 0.15) is 6.23 Å². The van der Waals surface area contributed by atoms with Gasteiger partial charge in [0.15, 0.2) is 28.7 Å². The number of H-pyrrole nitrogens is 1. The number of imidazole rings is 2. The molecule has 5 heterocycles. The van der Waals surface area contributed by atoms with Crippen molar-refractivity contribution in [3.05, 3.63) is 77.0 Å². The molecular weight excluding hydrogens is 536 g/mol. The Labute approximate surface area is 218 Å². The molecule has 0 aliphatic carbocycles. The van der Waals surface area contributed by atoms with Crippen molar-refractivity contribution in [2.75, 3.05) is 6.61 Å². The maximum absolute atomic E-state index is 13.6. The maximum Gasteiger partial charge on any atom is 0.697 e. The van der Waals surface area contributed by atoms with Crippen molar-refractivity contribution < 1.29 is 27.8 Å². The zero-order valence-corrected chi connectivity index (χ0v) is 21.0. The number of aliphatic hydroxyl groups is 1. The second-order valence-corrected chi connectivity index (χ2v) is 10.7. The Kier molecular flexibility index (Phi) is 5.65. The number of rotatable bonds is 4. The fourth-order valence-corrected chi connectivity index (χ4v) is 6.34. The number of aromatic amines is 1. The minimum Gasteiger partial charge on any atom is -0.385 e. The number of ether oxygens (including phenoxy) is 1. The van der Waals surface area contributed by atoms with Crippen LogP contribution >= 0.6 is 20.0 Å². The van der Waals surface area contributed by atoms with Crippen LogP contribution in [0.15, 0.2) is 75.6 Å². The third-order valence-corrected chi connectivity index (χ3v) is 8.20. The molecule has 2 unspecified atom stereocenters. The summed E-state index contributed by atoms with van der Waals surface area (Å²) >= 11 is 1.16. The van der Waals surface area contributed by atoms with E-state index in [4.69, 9.17) is 13.8 Å². The predicted octanol–water partition coefficient (Wildman–Crippen LogP) is 3.66. The van der Waals surface area contributed by atoms with Gasteiger partial charge in [0.25, 0.3) is 5.56 Å². The van der Waals surface area contributed by atoms with Crippen molar-refractivity contribution in [3.8, 4) is 11.3 Å². The zero-order valence-electron chi connectivity index (χ0n) is 19.3. The number of nitrogens with one attached hydrogen (secondary N) is 1. The summed E-state index contributed by atoms with van der Waals surface area (Å²) in [6, 6.07) is 15.3. The van der Waals surface area contributed by atoms with E-state index in [0.717, 1.165) is 17.3 Å². The van der Waals surface area contributed by atoms with Gasteiger partial charge in [0.2, 0.25) is 5.78 Å². The summed E-state index contributed by atoms with van der Waals surface area (Å²) in [7, 11) is -2.39. The molecule has 2 saturated heterocycles. The molecular formula is C24H18FN5O6PS+. The minimum atomic E-state index is -2.39. The van der Waals surface area contributed by atoms with E-state index < -0.39 is 44.2 Å². The molecule has 3 aromatic heterocycles. The Morgan fingerprint density at radius 2 is 1.92 bits per heavy atom. The van der Waals surface area contributed by atoms with E-state index in [1.807, 2.05) is 30.3 Å². The van der Waals surface area contributed by atoms with Gasteiger partial charge in [-0.3, -0.25) is 9.36 Å². The van der Waals surface area contributed by atoms with E-state index in [9.17, 15) is 18.9 Å². The molecule has 5 atom stereocenters. The Hall–Kier alpha value is -3.45. The molecule has 2 aromatic carbocycles. The average Bonchev–Trinajstić information content (AvgIpc) is 3.60. The quantitative estimate of drug-likeness (QED) is 0.319. The van der Waals surface area contributed by atoms with E-state index >= 15 is 0 Å². The molecule has 0 spiro atoms. The normalized spacial score (nSPS) is 24.3. The number of nitrogens with zero attached hydrogens (tertiary/aromatic N) is 4. The lowest BCUT2D eigenvalue weighted by Gasteiger charge is -2.18. The van der Waals surface area contributed by atoms with Crippen molar-refractivity contribution in [1.29, 1.82) is 0 Å². The van der Waals surface area contributed by atoms with Crippen LogP contribution in [0, 0.1) is 5.82 Å². The molecule has 14 heteroatoms. The van der Waals surface area contributed by atoms with Crippen LogP contribution < -0.4 is 5.56 Å². The van der Waals surface area contributed by atoms with Gasteiger partial charge in [-0.05, 0) is 29.8 Å². The van der Waals surface area contributed by atoms with Crippen LogP contribution in [0.3, 0.4) is 0 Å². The highest BCUT2D eigenvalue weighted by atomic mass is 32.2. The van der Waals surface area contributed by atoms with Gasteiger partial charge in [-0.2, -0.15) is 4.98 Å². The predicted molar refractivity (Wildman–Crippen MR) is 133 cm³/mol. The monoisotopic (exact) mass is 554 g/mol. The van der Waals surface area contributed by atoms with Crippen molar-refractivity contribution in [2.24, 2.45) is 0 Å². The van der Waals surface area contributed by atoms with E-state index in [-0.39, 0.29) is 23.5 Å². The minimum absolute atomic E-state index is 0.0299. The van der Waals surface area contributed by atoms with Gasteiger partial charge in [0, 0.05) is 15.7 Å². The summed E-state index contributed by atoms with van der Waals surface area (Å²) < 4.78 is 44.7. The van der Waals surface area contributed by atoms with Crippen LogP contribution in [0.25, 0.3) is 28.2 Å². The van der Waals surface area contributed by atoms with Gasteiger partial charge >= 0.3 is 8.25 Å². The van der Waals surface area contributed by atoms with Crippen LogP contribution in [0.2, 0.25) is 0 Å². The van der Waals surface area contributed by atoms with E-state index in [2.05, 4.69) is 15.0 Å². The van der Waals surface area contributed by atoms with Gasteiger partial charge in [0.05, 0.1) is 5.69 Å². The van der Waals surface area contributed by atoms with Crippen LogP contribution in [0.5, 0.6) is 0 Å². The van der Waals surface area contributed by atoms with E-state index in [1.165, 1.54) is 21.1 Å². The second-order valence-electron chi connectivity index (χ2n) is 8.78. The first-order valence-electron chi connectivity index (χ1n) is 11.6. The number of hydrogen-bond acceptors (Lipinski definition) is 9. The first-order valence-corrected chi connectivity index (χ1v) is 13.5. The SMILES string of the molecule is O=c1c2nc(Sc3ccc(F)cc3)n([C@@H]3OC4CO[P+](=O)O[C@H]4[C@@H]3O)c2nc2[nH]c(-c3ccccc3)cn12. The highest BCUT2D eigenvalue weighted by Gasteiger charge is 2.55. The third-order valence-electron chi connectivity index (χ3n) is 6.44. The molecule has 0 bridgehead atoms. The highest BCUT2D eigenvalue weighted by molar-refractivity contribution is 7.99. The van der Waals surface area contributed by atoms with Crippen molar-refractivity contribution in [3.63, 3.8) is 0 Å². The smallest absolute Gasteiger partial charge is 0.385 e. The topological polar surface area (TPSA) is 133 Å². The largest absolute Gasteiger partial charge is 0.697 e. The molecule has 0 radical (unpaired) electrons. The lowest BCUT2D eigenvalue weighted by molar-refractivity contribution is -0.0583.